The number of piperazine rings is 1. The standard InChI is InChI=1S/C15H15FN6S/c1-10-19-20-15(23-10)22-6-4-21(5-7-22)14-12-8-11(16)2-3-13(12)17-9-18-14/h2-3,8-9H,4-7H2,1H3. The van der Waals surface area contributed by atoms with Gasteiger partial charge in [0.2, 0.25) is 5.13 Å². The second-order valence-corrected chi connectivity index (χ2v) is 6.60. The fourth-order valence-corrected chi connectivity index (χ4v) is 3.53. The van der Waals surface area contributed by atoms with Crippen molar-refractivity contribution in [3.8, 4) is 0 Å². The fraction of sp³-hybridized carbons (Fsp3) is 0.333. The smallest absolute Gasteiger partial charge is 0.208 e. The van der Waals surface area contributed by atoms with Gasteiger partial charge in [-0.05, 0) is 25.1 Å². The topological polar surface area (TPSA) is 58.0 Å². The highest BCUT2D eigenvalue weighted by Crippen LogP contribution is 2.26. The molecule has 0 saturated carbocycles. The van der Waals surface area contributed by atoms with Gasteiger partial charge >= 0.3 is 0 Å². The zero-order valence-corrected chi connectivity index (χ0v) is 13.4. The molecule has 1 aromatic carbocycles. The van der Waals surface area contributed by atoms with Crippen LogP contribution in [0.25, 0.3) is 10.9 Å². The first kappa shape index (κ1) is 14.3. The molecule has 6 nitrogen and oxygen atoms in total. The molecule has 2 aromatic heterocycles. The maximum atomic E-state index is 13.6. The predicted octanol–water partition coefficient (Wildman–Crippen LogP) is 2.26. The number of anilines is 2. The summed E-state index contributed by atoms with van der Waals surface area (Å²) < 4.78 is 13.6. The molecule has 1 aliphatic heterocycles. The van der Waals surface area contributed by atoms with E-state index in [9.17, 15) is 4.39 Å². The molecule has 0 amide bonds. The maximum Gasteiger partial charge on any atom is 0.208 e. The van der Waals surface area contributed by atoms with Crippen molar-refractivity contribution in [1.82, 2.24) is 20.2 Å². The normalized spacial score (nSPS) is 15.4. The van der Waals surface area contributed by atoms with Crippen LogP contribution in [0.1, 0.15) is 5.01 Å². The fourth-order valence-electron chi connectivity index (χ4n) is 2.79. The molecule has 3 aromatic rings. The van der Waals surface area contributed by atoms with Crippen LogP contribution in [0.4, 0.5) is 15.3 Å². The van der Waals surface area contributed by atoms with E-state index in [0.717, 1.165) is 53.0 Å². The number of aryl methyl sites for hydroxylation is 1. The molecule has 1 fully saturated rings. The minimum Gasteiger partial charge on any atom is -0.352 e. The first-order chi connectivity index (χ1) is 11.2. The average molecular weight is 330 g/mol. The first-order valence-corrected chi connectivity index (χ1v) is 8.22. The zero-order chi connectivity index (χ0) is 15.8. The van der Waals surface area contributed by atoms with Crippen LogP contribution in [0.5, 0.6) is 0 Å². The summed E-state index contributed by atoms with van der Waals surface area (Å²) in [6, 6.07) is 4.62. The van der Waals surface area contributed by atoms with Crippen molar-refractivity contribution >= 4 is 33.2 Å². The Morgan fingerprint density at radius 3 is 2.57 bits per heavy atom. The second kappa shape index (κ2) is 5.69. The van der Waals surface area contributed by atoms with Crippen molar-refractivity contribution in [2.24, 2.45) is 0 Å². The van der Waals surface area contributed by atoms with E-state index < -0.39 is 0 Å². The molecule has 1 saturated heterocycles. The molecule has 0 radical (unpaired) electrons. The quantitative estimate of drug-likeness (QED) is 0.718. The monoisotopic (exact) mass is 330 g/mol. The Morgan fingerprint density at radius 2 is 1.83 bits per heavy atom. The van der Waals surface area contributed by atoms with Gasteiger partial charge in [0.05, 0.1) is 5.52 Å². The molecule has 3 heterocycles. The van der Waals surface area contributed by atoms with Crippen LogP contribution in [0, 0.1) is 12.7 Å². The molecular weight excluding hydrogens is 315 g/mol. The van der Waals surface area contributed by atoms with E-state index in [-0.39, 0.29) is 5.82 Å². The van der Waals surface area contributed by atoms with Gasteiger partial charge < -0.3 is 9.80 Å². The highest BCUT2D eigenvalue weighted by molar-refractivity contribution is 7.15. The van der Waals surface area contributed by atoms with Crippen molar-refractivity contribution in [2.45, 2.75) is 6.92 Å². The summed E-state index contributed by atoms with van der Waals surface area (Å²) in [6.45, 7) is 5.26. The Balaban J connectivity index is 1.58. The van der Waals surface area contributed by atoms with Crippen LogP contribution in [0.3, 0.4) is 0 Å². The van der Waals surface area contributed by atoms with Crippen molar-refractivity contribution in [1.29, 1.82) is 0 Å². The summed E-state index contributed by atoms with van der Waals surface area (Å²) >= 11 is 1.61. The van der Waals surface area contributed by atoms with Gasteiger partial charge in [0.1, 0.15) is 23.0 Å². The van der Waals surface area contributed by atoms with Crippen molar-refractivity contribution in [3.05, 3.63) is 35.4 Å². The third-order valence-corrected chi connectivity index (χ3v) is 4.84. The van der Waals surface area contributed by atoms with Crippen molar-refractivity contribution in [2.75, 3.05) is 36.0 Å². The van der Waals surface area contributed by atoms with Crippen LogP contribution in [-0.4, -0.2) is 46.3 Å². The Labute approximate surface area is 136 Å². The van der Waals surface area contributed by atoms with E-state index in [1.165, 1.54) is 18.5 Å². The minimum atomic E-state index is -0.267. The van der Waals surface area contributed by atoms with Gasteiger partial charge in [0, 0.05) is 31.6 Å². The largest absolute Gasteiger partial charge is 0.352 e. The van der Waals surface area contributed by atoms with E-state index >= 15 is 0 Å². The van der Waals surface area contributed by atoms with E-state index in [1.54, 1.807) is 17.4 Å². The Morgan fingerprint density at radius 1 is 1.04 bits per heavy atom. The number of benzene rings is 1. The van der Waals surface area contributed by atoms with E-state index in [0.29, 0.717) is 0 Å². The summed E-state index contributed by atoms with van der Waals surface area (Å²) in [5, 5.41) is 11.0. The molecule has 1 aliphatic rings. The molecule has 4 rings (SSSR count). The maximum absolute atomic E-state index is 13.6. The molecule has 23 heavy (non-hydrogen) atoms. The van der Waals surface area contributed by atoms with Crippen LogP contribution >= 0.6 is 11.3 Å². The van der Waals surface area contributed by atoms with E-state index in [4.69, 9.17) is 0 Å². The van der Waals surface area contributed by atoms with Gasteiger partial charge in [0.15, 0.2) is 0 Å². The van der Waals surface area contributed by atoms with Crippen LogP contribution < -0.4 is 9.80 Å². The molecule has 0 bridgehead atoms. The van der Waals surface area contributed by atoms with Gasteiger partial charge in [-0.25, -0.2) is 14.4 Å². The minimum absolute atomic E-state index is 0.267. The third kappa shape index (κ3) is 2.70. The molecule has 0 N–H and O–H groups in total. The SMILES string of the molecule is Cc1nnc(N2CCN(c3ncnc4ccc(F)cc34)CC2)s1. The van der Waals surface area contributed by atoms with Crippen LogP contribution in [0.15, 0.2) is 24.5 Å². The lowest BCUT2D eigenvalue weighted by Gasteiger charge is -2.35. The molecule has 8 heteroatoms. The molecule has 118 valence electrons. The lowest BCUT2D eigenvalue weighted by Crippen LogP contribution is -2.46. The van der Waals surface area contributed by atoms with Gasteiger partial charge in [-0.15, -0.1) is 10.2 Å². The van der Waals surface area contributed by atoms with Gasteiger partial charge in [-0.2, -0.15) is 0 Å². The number of rotatable bonds is 2. The van der Waals surface area contributed by atoms with Crippen LogP contribution in [-0.2, 0) is 0 Å². The Hall–Kier alpha value is -2.35. The number of hydrogen-bond acceptors (Lipinski definition) is 7. The van der Waals surface area contributed by atoms with Gasteiger partial charge in [-0.3, -0.25) is 0 Å². The highest BCUT2D eigenvalue weighted by Gasteiger charge is 2.22. The molecular formula is C15H15FN6S. The number of aromatic nitrogens is 4. The number of fused-ring (bicyclic) bond motifs is 1. The summed E-state index contributed by atoms with van der Waals surface area (Å²) in [7, 11) is 0. The Bertz CT molecular complexity index is 843. The van der Waals surface area contributed by atoms with Crippen molar-refractivity contribution < 1.29 is 4.39 Å². The van der Waals surface area contributed by atoms with Crippen LogP contribution in [0.2, 0.25) is 0 Å². The summed E-state index contributed by atoms with van der Waals surface area (Å²) in [4.78, 5) is 13.0. The second-order valence-electron chi connectivity index (χ2n) is 5.44. The Kier molecular flexibility index (Phi) is 3.53. The van der Waals surface area contributed by atoms with E-state index in [1.807, 2.05) is 6.92 Å². The number of hydrogen-bond donors (Lipinski definition) is 0. The zero-order valence-electron chi connectivity index (χ0n) is 12.6. The van der Waals surface area contributed by atoms with Gasteiger partial charge in [0.25, 0.3) is 0 Å². The summed E-state index contributed by atoms with van der Waals surface area (Å²) in [5.41, 5.74) is 0.763. The van der Waals surface area contributed by atoms with Gasteiger partial charge in [-0.1, -0.05) is 11.3 Å². The molecule has 0 spiro atoms. The predicted molar refractivity (Wildman–Crippen MR) is 88.6 cm³/mol. The number of nitrogens with zero attached hydrogens (tertiary/aromatic N) is 6. The first-order valence-electron chi connectivity index (χ1n) is 7.41. The highest BCUT2D eigenvalue weighted by atomic mass is 32.1. The summed E-state index contributed by atoms with van der Waals surface area (Å²) in [5.74, 6) is 0.527. The third-order valence-electron chi connectivity index (χ3n) is 3.94. The number of halogens is 1. The molecule has 0 aliphatic carbocycles. The van der Waals surface area contributed by atoms with E-state index in [2.05, 4.69) is 30.0 Å². The van der Waals surface area contributed by atoms with Crippen molar-refractivity contribution in [3.63, 3.8) is 0 Å². The average Bonchev–Trinajstić information content (AvgIpc) is 3.01. The lowest BCUT2D eigenvalue weighted by atomic mass is 10.2. The lowest BCUT2D eigenvalue weighted by molar-refractivity contribution is 0.628. The summed E-state index contributed by atoms with van der Waals surface area (Å²) in [6.07, 6.45) is 1.54. The molecule has 0 unspecified atom stereocenters. The molecule has 0 atom stereocenters.